The van der Waals surface area contributed by atoms with Gasteiger partial charge in [0.05, 0.1) is 15.6 Å². The predicted molar refractivity (Wildman–Crippen MR) is 108 cm³/mol. The van der Waals surface area contributed by atoms with Crippen LogP contribution in [0.4, 0.5) is 24.5 Å². The number of nitrogens with zero attached hydrogens (tertiary/aromatic N) is 2. The van der Waals surface area contributed by atoms with Crippen LogP contribution < -0.4 is 10.2 Å². The van der Waals surface area contributed by atoms with Gasteiger partial charge in [-0.3, -0.25) is 0 Å². The Labute approximate surface area is 170 Å². The Bertz CT molecular complexity index is 820. The van der Waals surface area contributed by atoms with Crippen molar-refractivity contribution >= 4 is 51.9 Å². The third kappa shape index (κ3) is 4.97. The summed E-state index contributed by atoms with van der Waals surface area (Å²) in [6.07, 6.45) is -4.35. The van der Waals surface area contributed by atoms with Crippen LogP contribution in [0.1, 0.15) is 5.56 Å². The smallest absolute Gasteiger partial charge is 0.368 e. The fourth-order valence-corrected chi connectivity index (χ4v) is 3.39. The number of alkyl halides is 3. The molecule has 0 amide bonds. The van der Waals surface area contributed by atoms with Gasteiger partial charge in [0.2, 0.25) is 0 Å². The number of halogens is 5. The minimum atomic E-state index is -4.35. The topological polar surface area (TPSA) is 18.5 Å². The third-order valence-electron chi connectivity index (χ3n) is 4.30. The molecular formula is C18H16Cl2F3N3S. The van der Waals surface area contributed by atoms with E-state index in [1.54, 1.807) is 6.07 Å². The molecule has 0 spiro atoms. The summed E-state index contributed by atoms with van der Waals surface area (Å²) in [5.74, 6) is 0. The Hall–Kier alpha value is -1.70. The Morgan fingerprint density at radius 1 is 0.926 bits per heavy atom. The quantitative estimate of drug-likeness (QED) is 0.627. The first-order valence-electron chi connectivity index (χ1n) is 8.17. The van der Waals surface area contributed by atoms with Crippen molar-refractivity contribution in [1.82, 2.24) is 4.90 Å². The van der Waals surface area contributed by atoms with Crippen molar-refractivity contribution in [3.05, 3.63) is 58.1 Å². The zero-order valence-corrected chi connectivity index (χ0v) is 16.4. The second-order valence-corrected chi connectivity index (χ2v) is 7.28. The fourth-order valence-electron chi connectivity index (χ4n) is 2.79. The van der Waals surface area contributed by atoms with Gasteiger partial charge in [-0.25, -0.2) is 0 Å². The Kier molecular flexibility index (Phi) is 6.03. The molecule has 0 saturated carbocycles. The van der Waals surface area contributed by atoms with E-state index < -0.39 is 11.7 Å². The summed E-state index contributed by atoms with van der Waals surface area (Å²) in [5.41, 5.74) is 0.833. The molecule has 1 saturated heterocycles. The SMILES string of the molecule is FC(F)(F)c1ccc(NC(=S)N2CCN(c3ccc(Cl)c(Cl)c3)CC2)cc1. The number of rotatable bonds is 2. The average Bonchev–Trinajstić information content (AvgIpc) is 2.64. The number of nitrogens with one attached hydrogen (secondary N) is 1. The van der Waals surface area contributed by atoms with Gasteiger partial charge in [0.15, 0.2) is 5.11 Å². The van der Waals surface area contributed by atoms with Crippen molar-refractivity contribution in [2.45, 2.75) is 6.18 Å². The number of anilines is 2. The highest BCUT2D eigenvalue weighted by molar-refractivity contribution is 7.80. The van der Waals surface area contributed by atoms with Gasteiger partial charge in [-0.05, 0) is 54.7 Å². The molecular weight excluding hydrogens is 418 g/mol. The van der Waals surface area contributed by atoms with Crippen LogP contribution in [0.2, 0.25) is 10.0 Å². The minimum Gasteiger partial charge on any atom is -0.368 e. The van der Waals surface area contributed by atoms with E-state index in [0.29, 0.717) is 33.9 Å². The molecule has 1 heterocycles. The molecule has 0 bridgehead atoms. The van der Waals surface area contributed by atoms with Gasteiger partial charge in [-0.2, -0.15) is 13.2 Å². The molecule has 0 radical (unpaired) electrons. The van der Waals surface area contributed by atoms with Crippen molar-refractivity contribution in [3.63, 3.8) is 0 Å². The summed E-state index contributed by atoms with van der Waals surface area (Å²) in [7, 11) is 0. The highest BCUT2D eigenvalue weighted by Crippen LogP contribution is 2.30. The van der Waals surface area contributed by atoms with E-state index in [0.717, 1.165) is 30.9 Å². The van der Waals surface area contributed by atoms with E-state index in [-0.39, 0.29) is 0 Å². The lowest BCUT2D eigenvalue weighted by molar-refractivity contribution is -0.137. The Balaban J connectivity index is 1.56. The van der Waals surface area contributed by atoms with Gasteiger partial charge in [0, 0.05) is 37.6 Å². The summed E-state index contributed by atoms with van der Waals surface area (Å²) in [6, 6.07) is 10.3. The molecule has 0 atom stereocenters. The fraction of sp³-hybridized carbons (Fsp3) is 0.278. The average molecular weight is 434 g/mol. The van der Waals surface area contributed by atoms with Gasteiger partial charge < -0.3 is 15.1 Å². The molecule has 1 fully saturated rings. The van der Waals surface area contributed by atoms with E-state index in [1.165, 1.54) is 12.1 Å². The number of thiocarbonyl (C=S) groups is 1. The summed E-state index contributed by atoms with van der Waals surface area (Å²) < 4.78 is 37.9. The molecule has 0 aromatic heterocycles. The lowest BCUT2D eigenvalue weighted by Gasteiger charge is -2.37. The lowest BCUT2D eigenvalue weighted by Crippen LogP contribution is -2.50. The molecule has 2 aromatic carbocycles. The normalized spacial score (nSPS) is 15.0. The lowest BCUT2D eigenvalue weighted by atomic mass is 10.2. The zero-order valence-electron chi connectivity index (χ0n) is 14.1. The van der Waals surface area contributed by atoms with Crippen LogP contribution >= 0.6 is 35.4 Å². The molecule has 1 aliphatic heterocycles. The molecule has 3 nitrogen and oxygen atoms in total. The molecule has 2 aromatic rings. The largest absolute Gasteiger partial charge is 0.416 e. The van der Waals surface area contributed by atoms with Crippen molar-refractivity contribution in [2.75, 3.05) is 36.4 Å². The molecule has 1 N–H and O–H groups in total. The number of hydrogen-bond acceptors (Lipinski definition) is 2. The summed E-state index contributed by atoms with van der Waals surface area (Å²) >= 11 is 17.4. The maximum absolute atomic E-state index is 12.6. The molecule has 9 heteroatoms. The summed E-state index contributed by atoms with van der Waals surface area (Å²) in [4.78, 5) is 4.17. The standard InChI is InChI=1S/C18H16Cl2F3N3S/c19-15-6-5-14(11-16(15)20)25-7-9-26(10-8-25)17(27)24-13-3-1-12(2-4-13)18(21,22)23/h1-6,11H,7-10H2,(H,24,27). The van der Waals surface area contributed by atoms with Crippen LogP contribution in [0.25, 0.3) is 0 Å². The van der Waals surface area contributed by atoms with Gasteiger partial charge >= 0.3 is 6.18 Å². The highest BCUT2D eigenvalue weighted by atomic mass is 35.5. The predicted octanol–water partition coefficient (Wildman–Crippen LogP) is 5.53. The van der Waals surface area contributed by atoms with Crippen LogP contribution in [0.3, 0.4) is 0 Å². The minimum absolute atomic E-state index is 0.489. The molecule has 0 unspecified atom stereocenters. The van der Waals surface area contributed by atoms with Gasteiger partial charge in [0.25, 0.3) is 0 Å². The molecule has 27 heavy (non-hydrogen) atoms. The van der Waals surface area contributed by atoms with Gasteiger partial charge in [-0.15, -0.1) is 0 Å². The van der Waals surface area contributed by atoms with E-state index in [9.17, 15) is 13.2 Å². The molecule has 0 aliphatic carbocycles. The van der Waals surface area contributed by atoms with Crippen molar-refractivity contribution in [2.24, 2.45) is 0 Å². The van der Waals surface area contributed by atoms with Crippen LogP contribution in [-0.4, -0.2) is 36.2 Å². The number of benzene rings is 2. The van der Waals surface area contributed by atoms with Crippen LogP contribution in [-0.2, 0) is 6.18 Å². The van der Waals surface area contributed by atoms with Crippen molar-refractivity contribution in [1.29, 1.82) is 0 Å². The zero-order chi connectivity index (χ0) is 19.6. The van der Waals surface area contributed by atoms with Crippen molar-refractivity contribution < 1.29 is 13.2 Å². The first-order chi connectivity index (χ1) is 12.7. The Morgan fingerprint density at radius 2 is 1.56 bits per heavy atom. The van der Waals surface area contributed by atoms with Crippen molar-refractivity contribution in [3.8, 4) is 0 Å². The number of piperazine rings is 1. The van der Waals surface area contributed by atoms with Gasteiger partial charge in [0.1, 0.15) is 0 Å². The number of hydrogen-bond donors (Lipinski definition) is 1. The van der Waals surface area contributed by atoms with E-state index in [4.69, 9.17) is 35.4 Å². The highest BCUT2D eigenvalue weighted by Gasteiger charge is 2.30. The first-order valence-corrected chi connectivity index (χ1v) is 9.33. The van der Waals surface area contributed by atoms with Crippen LogP contribution in [0, 0.1) is 0 Å². The maximum atomic E-state index is 12.6. The van der Waals surface area contributed by atoms with E-state index in [1.807, 2.05) is 17.0 Å². The Morgan fingerprint density at radius 3 is 2.11 bits per heavy atom. The molecule has 3 rings (SSSR count). The van der Waals surface area contributed by atoms with E-state index in [2.05, 4.69) is 10.2 Å². The summed E-state index contributed by atoms with van der Waals surface area (Å²) in [6.45, 7) is 2.86. The van der Waals surface area contributed by atoms with Gasteiger partial charge in [-0.1, -0.05) is 23.2 Å². The monoisotopic (exact) mass is 433 g/mol. The first kappa shape index (κ1) is 20.0. The van der Waals surface area contributed by atoms with E-state index >= 15 is 0 Å². The third-order valence-corrected chi connectivity index (χ3v) is 5.40. The van der Waals surface area contributed by atoms with Crippen LogP contribution in [0.5, 0.6) is 0 Å². The second kappa shape index (κ2) is 8.12. The molecule has 144 valence electrons. The molecule has 1 aliphatic rings. The maximum Gasteiger partial charge on any atom is 0.416 e. The summed E-state index contributed by atoms with van der Waals surface area (Å²) in [5, 5.41) is 4.51. The second-order valence-electron chi connectivity index (χ2n) is 6.08. The van der Waals surface area contributed by atoms with Crippen LogP contribution in [0.15, 0.2) is 42.5 Å².